The molecule has 0 unspecified atom stereocenters. The average molecular weight is 288 g/mol. The molecule has 1 amide bonds. The summed E-state index contributed by atoms with van der Waals surface area (Å²) in [4.78, 5) is 12.0. The Bertz CT molecular complexity index is 619. The second-order valence-corrected chi connectivity index (χ2v) is 5.07. The first kappa shape index (κ1) is 15.1. The zero-order chi connectivity index (χ0) is 15.4. The van der Waals surface area contributed by atoms with Gasteiger partial charge in [-0.05, 0) is 31.0 Å². The molecule has 112 valence electrons. The third kappa shape index (κ3) is 3.82. The smallest absolute Gasteiger partial charge is 0.237 e. The van der Waals surface area contributed by atoms with E-state index in [1.807, 2.05) is 14.0 Å². The molecule has 1 heterocycles. The number of nitrogens with zero attached hydrogens (tertiary/aromatic N) is 2. The number of hydrogen-bond donors (Lipinski definition) is 3. The quantitative estimate of drug-likeness (QED) is 0.752. The fraction of sp³-hybridized carbons (Fsp3) is 0.333. The van der Waals surface area contributed by atoms with Crippen LogP contribution in [0.1, 0.15) is 16.8 Å². The molecule has 6 nitrogen and oxygen atoms in total. The molecule has 0 spiro atoms. The van der Waals surface area contributed by atoms with E-state index in [0.29, 0.717) is 13.0 Å². The molecule has 0 bridgehead atoms. The van der Waals surface area contributed by atoms with Crippen molar-refractivity contribution in [2.45, 2.75) is 25.9 Å². The van der Waals surface area contributed by atoms with Crippen LogP contribution in [0, 0.1) is 6.92 Å². The zero-order valence-corrected chi connectivity index (χ0v) is 12.2. The molecular weight excluding hydrogens is 268 g/mol. The first-order valence-corrected chi connectivity index (χ1v) is 6.76. The second kappa shape index (κ2) is 6.41. The molecule has 1 aromatic carbocycles. The Balaban J connectivity index is 1.88. The zero-order valence-electron chi connectivity index (χ0n) is 12.2. The predicted molar refractivity (Wildman–Crippen MR) is 79.6 cm³/mol. The van der Waals surface area contributed by atoms with Gasteiger partial charge in [0, 0.05) is 24.8 Å². The number of aromatic hydroxyl groups is 1. The summed E-state index contributed by atoms with van der Waals surface area (Å²) in [6.45, 7) is 2.37. The average Bonchev–Trinajstić information content (AvgIpc) is 2.78. The van der Waals surface area contributed by atoms with Gasteiger partial charge in [-0.1, -0.05) is 12.1 Å². The second-order valence-electron chi connectivity index (χ2n) is 5.07. The third-order valence-electron chi connectivity index (χ3n) is 3.52. The number of amides is 1. The summed E-state index contributed by atoms with van der Waals surface area (Å²) < 4.78 is 1.76. The summed E-state index contributed by atoms with van der Waals surface area (Å²) in [5, 5.41) is 16.2. The van der Waals surface area contributed by atoms with E-state index in [9.17, 15) is 9.90 Å². The van der Waals surface area contributed by atoms with Crippen molar-refractivity contribution in [3.05, 3.63) is 47.3 Å². The molecule has 2 rings (SSSR count). The number of carbonyl (C=O) groups excluding carboxylic acids is 1. The van der Waals surface area contributed by atoms with Gasteiger partial charge < -0.3 is 16.2 Å². The normalized spacial score (nSPS) is 12.1. The minimum absolute atomic E-state index is 0.198. The van der Waals surface area contributed by atoms with E-state index in [0.717, 1.165) is 16.8 Å². The van der Waals surface area contributed by atoms with Crippen LogP contribution in [0.2, 0.25) is 0 Å². The molecule has 1 atom stereocenters. The van der Waals surface area contributed by atoms with Gasteiger partial charge in [0.25, 0.3) is 0 Å². The van der Waals surface area contributed by atoms with E-state index in [2.05, 4.69) is 10.4 Å². The van der Waals surface area contributed by atoms with Crippen LogP contribution in [-0.4, -0.2) is 26.8 Å². The summed E-state index contributed by atoms with van der Waals surface area (Å²) in [5.74, 6) is -0.00449. The molecule has 0 aliphatic carbocycles. The van der Waals surface area contributed by atoms with E-state index in [1.165, 1.54) is 0 Å². The predicted octanol–water partition coefficient (Wildman–Crippen LogP) is 0.620. The van der Waals surface area contributed by atoms with E-state index in [-0.39, 0.29) is 11.7 Å². The van der Waals surface area contributed by atoms with Gasteiger partial charge in [-0.15, -0.1) is 0 Å². The van der Waals surface area contributed by atoms with Crippen LogP contribution in [-0.2, 0) is 24.8 Å². The highest BCUT2D eigenvalue weighted by molar-refractivity contribution is 5.81. The minimum Gasteiger partial charge on any atom is -0.508 e. The molecule has 1 aromatic heterocycles. The lowest BCUT2D eigenvalue weighted by Gasteiger charge is -2.12. The first-order chi connectivity index (χ1) is 9.97. The fourth-order valence-electron chi connectivity index (χ4n) is 2.01. The lowest BCUT2D eigenvalue weighted by molar-refractivity contribution is -0.122. The number of benzene rings is 1. The molecular formula is C15H20N4O2. The maximum atomic E-state index is 12.0. The first-order valence-electron chi connectivity index (χ1n) is 6.76. The topological polar surface area (TPSA) is 93.2 Å². The monoisotopic (exact) mass is 288 g/mol. The lowest BCUT2D eigenvalue weighted by atomic mass is 10.1. The number of rotatable bonds is 5. The van der Waals surface area contributed by atoms with Crippen LogP contribution in [0.5, 0.6) is 5.75 Å². The molecule has 21 heavy (non-hydrogen) atoms. The Morgan fingerprint density at radius 1 is 1.43 bits per heavy atom. The molecule has 0 aliphatic heterocycles. The Morgan fingerprint density at radius 3 is 2.67 bits per heavy atom. The van der Waals surface area contributed by atoms with Crippen molar-refractivity contribution in [2.75, 3.05) is 0 Å². The van der Waals surface area contributed by atoms with Crippen LogP contribution in [0.3, 0.4) is 0 Å². The van der Waals surface area contributed by atoms with Crippen molar-refractivity contribution in [3.8, 4) is 5.75 Å². The van der Waals surface area contributed by atoms with Crippen molar-refractivity contribution >= 4 is 5.91 Å². The van der Waals surface area contributed by atoms with Gasteiger partial charge in [-0.3, -0.25) is 9.48 Å². The van der Waals surface area contributed by atoms with Crippen molar-refractivity contribution in [2.24, 2.45) is 12.8 Å². The van der Waals surface area contributed by atoms with Gasteiger partial charge in [0.2, 0.25) is 5.91 Å². The molecule has 0 radical (unpaired) electrons. The molecule has 6 heteroatoms. The van der Waals surface area contributed by atoms with Crippen molar-refractivity contribution in [3.63, 3.8) is 0 Å². The molecule has 0 aliphatic rings. The summed E-state index contributed by atoms with van der Waals surface area (Å²) in [6, 6.07) is 6.06. The number of phenolic OH excluding ortho intramolecular Hbond substituents is 1. The number of hydrogen-bond acceptors (Lipinski definition) is 4. The Kier molecular flexibility index (Phi) is 4.59. The van der Waals surface area contributed by atoms with Gasteiger partial charge in [0.15, 0.2) is 0 Å². The van der Waals surface area contributed by atoms with Crippen LogP contribution in [0.15, 0.2) is 30.5 Å². The van der Waals surface area contributed by atoms with E-state index >= 15 is 0 Å². The van der Waals surface area contributed by atoms with Crippen molar-refractivity contribution in [1.29, 1.82) is 0 Å². The number of nitrogens with one attached hydrogen (secondary N) is 1. The van der Waals surface area contributed by atoms with E-state index in [4.69, 9.17) is 5.73 Å². The Labute approximate surface area is 123 Å². The van der Waals surface area contributed by atoms with E-state index < -0.39 is 6.04 Å². The fourth-order valence-corrected chi connectivity index (χ4v) is 2.01. The van der Waals surface area contributed by atoms with Crippen molar-refractivity contribution in [1.82, 2.24) is 15.1 Å². The van der Waals surface area contributed by atoms with Gasteiger partial charge >= 0.3 is 0 Å². The molecule has 0 saturated carbocycles. The SMILES string of the molecule is Cc1c(CNC(=O)[C@H](N)Cc2ccc(O)cc2)cnn1C. The number of aromatic nitrogens is 2. The van der Waals surface area contributed by atoms with Gasteiger partial charge in [0.1, 0.15) is 5.75 Å². The van der Waals surface area contributed by atoms with Gasteiger partial charge in [-0.2, -0.15) is 5.10 Å². The highest BCUT2D eigenvalue weighted by atomic mass is 16.3. The molecule has 0 saturated heterocycles. The molecule has 4 N–H and O–H groups in total. The maximum absolute atomic E-state index is 12.0. The number of nitrogens with two attached hydrogens (primary N) is 1. The highest BCUT2D eigenvalue weighted by Gasteiger charge is 2.14. The maximum Gasteiger partial charge on any atom is 0.237 e. The number of carbonyl (C=O) groups is 1. The number of aryl methyl sites for hydroxylation is 1. The molecule has 0 fully saturated rings. The van der Waals surface area contributed by atoms with Crippen molar-refractivity contribution < 1.29 is 9.90 Å². The van der Waals surface area contributed by atoms with Gasteiger partial charge in [0.05, 0.1) is 12.2 Å². The van der Waals surface area contributed by atoms with Crippen LogP contribution < -0.4 is 11.1 Å². The molecule has 2 aromatic rings. The summed E-state index contributed by atoms with van der Waals surface area (Å²) in [7, 11) is 1.86. The minimum atomic E-state index is -0.619. The van der Waals surface area contributed by atoms with Crippen LogP contribution in [0.25, 0.3) is 0 Å². The Morgan fingerprint density at radius 2 is 2.10 bits per heavy atom. The standard InChI is InChI=1S/C15H20N4O2/c1-10-12(9-18-19(10)2)8-17-15(21)14(16)7-11-3-5-13(20)6-4-11/h3-6,9,14,20H,7-8,16H2,1-2H3,(H,17,21)/t14-/m1/s1. The van der Waals surface area contributed by atoms with Gasteiger partial charge in [-0.25, -0.2) is 0 Å². The summed E-state index contributed by atoms with van der Waals surface area (Å²) in [6.07, 6.45) is 2.17. The van der Waals surface area contributed by atoms with Crippen LogP contribution >= 0.6 is 0 Å². The lowest BCUT2D eigenvalue weighted by Crippen LogP contribution is -2.41. The third-order valence-corrected chi connectivity index (χ3v) is 3.52. The number of phenols is 1. The summed E-state index contributed by atoms with van der Waals surface area (Å²) >= 11 is 0. The highest BCUT2D eigenvalue weighted by Crippen LogP contribution is 2.11. The largest absolute Gasteiger partial charge is 0.508 e. The van der Waals surface area contributed by atoms with E-state index in [1.54, 1.807) is 35.1 Å². The summed E-state index contributed by atoms with van der Waals surface area (Å²) in [5.41, 5.74) is 8.80. The van der Waals surface area contributed by atoms with Crippen LogP contribution in [0.4, 0.5) is 0 Å². The Hall–Kier alpha value is -2.34.